The molecular weight excluding hydrogens is 420 g/mol. The summed E-state index contributed by atoms with van der Waals surface area (Å²) in [5.41, 5.74) is 3.97. The second-order valence-electron chi connectivity index (χ2n) is 9.67. The third kappa shape index (κ3) is 4.84. The zero-order valence-corrected chi connectivity index (χ0v) is 20.3. The van der Waals surface area contributed by atoms with E-state index in [1.165, 1.54) is 49.0 Å². The standard InChI is InChI=1S/C30H36N2O2/c1-33-26-14-13-25(28(20-26)34-2)21-31-27-19-22-15-17-32(18-16-22)30(27)29(23-9-5-3-6-10-23)24-11-7-4-8-12-24/h3-14,20,22,27,29-31H,15-19,21H2,1-2H3. The highest BCUT2D eigenvalue weighted by molar-refractivity contribution is 5.41. The molecule has 2 atom stereocenters. The van der Waals surface area contributed by atoms with E-state index in [0.717, 1.165) is 24.0 Å². The van der Waals surface area contributed by atoms with Crippen LogP contribution < -0.4 is 14.8 Å². The summed E-state index contributed by atoms with van der Waals surface area (Å²) in [6, 6.07) is 29.1. The Hall–Kier alpha value is -2.82. The Bertz CT molecular complexity index is 1010. The fourth-order valence-electron chi connectivity index (χ4n) is 6.03. The lowest BCUT2D eigenvalue weighted by atomic mass is 9.80. The second-order valence-corrected chi connectivity index (χ2v) is 9.67. The van der Waals surface area contributed by atoms with E-state index in [4.69, 9.17) is 9.47 Å². The quantitative estimate of drug-likeness (QED) is 0.487. The molecule has 6 rings (SSSR count). The van der Waals surface area contributed by atoms with Crippen LogP contribution in [0.15, 0.2) is 78.9 Å². The van der Waals surface area contributed by atoms with E-state index in [9.17, 15) is 0 Å². The number of nitrogens with zero attached hydrogens (tertiary/aromatic N) is 1. The molecule has 3 aliphatic rings. The van der Waals surface area contributed by atoms with Crippen molar-refractivity contribution in [2.75, 3.05) is 27.3 Å². The number of hydrogen-bond acceptors (Lipinski definition) is 4. The molecule has 34 heavy (non-hydrogen) atoms. The summed E-state index contributed by atoms with van der Waals surface area (Å²) in [7, 11) is 3.43. The SMILES string of the molecule is COc1ccc(CNC2CC3CCN(CC3)C2C(c2ccccc2)c2ccccc2)c(OC)c1. The first kappa shape index (κ1) is 22.9. The molecule has 3 heterocycles. The number of nitrogens with one attached hydrogen (secondary N) is 1. The van der Waals surface area contributed by atoms with Gasteiger partial charge in [0.2, 0.25) is 0 Å². The van der Waals surface area contributed by atoms with Crippen LogP contribution in [-0.4, -0.2) is 44.3 Å². The monoisotopic (exact) mass is 456 g/mol. The number of benzene rings is 3. The van der Waals surface area contributed by atoms with E-state index < -0.39 is 0 Å². The van der Waals surface area contributed by atoms with E-state index in [-0.39, 0.29) is 0 Å². The predicted molar refractivity (Wildman–Crippen MR) is 138 cm³/mol. The van der Waals surface area contributed by atoms with Crippen LogP contribution in [0.2, 0.25) is 0 Å². The predicted octanol–water partition coefficient (Wildman–Crippen LogP) is 5.48. The Morgan fingerprint density at radius 3 is 2.09 bits per heavy atom. The minimum atomic E-state index is 0.328. The zero-order chi connectivity index (χ0) is 23.3. The number of hydrogen-bond donors (Lipinski definition) is 1. The van der Waals surface area contributed by atoms with E-state index in [1.807, 2.05) is 12.1 Å². The molecule has 2 bridgehead atoms. The van der Waals surface area contributed by atoms with E-state index in [2.05, 4.69) is 76.9 Å². The van der Waals surface area contributed by atoms with Crippen LogP contribution in [0, 0.1) is 5.92 Å². The summed E-state index contributed by atoms with van der Waals surface area (Å²) < 4.78 is 11.1. The van der Waals surface area contributed by atoms with Gasteiger partial charge in [0.05, 0.1) is 14.2 Å². The molecule has 3 fully saturated rings. The molecule has 3 aromatic carbocycles. The Kier molecular flexibility index (Phi) is 7.17. The van der Waals surface area contributed by atoms with Crippen LogP contribution >= 0.6 is 0 Å². The van der Waals surface area contributed by atoms with Crippen molar-refractivity contribution in [3.05, 3.63) is 95.6 Å². The average molecular weight is 457 g/mol. The van der Waals surface area contributed by atoms with Gasteiger partial charge >= 0.3 is 0 Å². The summed E-state index contributed by atoms with van der Waals surface area (Å²) in [6.45, 7) is 3.16. The van der Waals surface area contributed by atoms with Gasteiger partial charge in [-0.1, -0.05) is 66.7 Å². The van der Waals surface area contributed by atoms with E-state index in [0.29, 0.717) is 18.0 Å². The Morgan fingerprint density at radius 2 is 1.50 bits per heavy atom. The molecule has 3 aromatic rings. The van der Waals surface area contributed by atoms with Gasteiger partial charge in [0.1, 0.15) is 11.5 Å². The highest BCUT2D eigenvalue weighted by Gasteiger charge is 2.42. The van der Waals surface area contributed by atoms with Crippen LogP contribution in [0.25, 0.3) is 0 Å². The van der Waals surface area contributed by atoms with Gasteiger partial charge in [-0.2, -0.15) is 0 Å². The topological polar surface area (TPSA) is 33.7 Å². The lowest BCUT2D eigenvalue weighted by Crippen LogP contribution is -2.51. The normalized spacial score (nSPS) is 24.1. The fourth-order valence-corrected chi connectivity index (χ4v) is 6.03. The minimum Gasteiger partial charge on any atom is -0.497 e. The molecule has 3 aliphatic heterocycles. The van der Waals surface area contributed by atoms with Crippen molar-refractivity contribution in [3.63, 3.8) is 0 Å². The first-order valence-electron chi connectivity index (χ1n) is 12.5. The molecule has 2 unspecified atom stereocenters. The second kappa shape index (κ2) is 10.6. The molecule has 4 nitrogen and oxygen atoms in total. The number of piperidine rings is 1. The van der Waals surface area contributed by atoms with Crippen molar-refractivity contribution < 1.29 is 9.47 Å². The third-order valence-electron chi connectivity index (χ3n) is 7.78. The van der Waals surface area contributed by atoms with Crippen molar-refractivity contribution in [2.45, 2.75) is 43.8 Å². The maximum absolute atomic E-state index is 5.69. The maximum Gasteiger partial charge on any atom is 0.127 e. The zero-order valence-electron chi connectivity index (χ0n) is 20.3. The number of fused-ring (bicyclic) bond motifs is 4. The first-order chi connectivity index (χ1) is 16.8. The molecular formula is C30H36N2O2. The molecule has 0 saturated carbocycles. The smallest absolute Gasteiger partial charge is 0.127 e. The van der Waals surface area contributed by atoms with Gasteiger partial charge in [0, 0.05) is 36.2 Å². The van der Waals surface area contributed by atoms with Gasteiger partial charge in [-0.3, -0.25) is 4.90 Å². The van der Waals surface area contributed by atoms with Crippen molar-refractivity contribution in [2.24, 2.45) is 5.92 Å². The molecule has 3 saturated heterocycles. The van der Waals surface area contributed by atoms with Gasteiger partial charge in [-0.05, 0) is 55.5 Å². The summed E-state index contributed by atoms with van der Waals surface area (Å²) >= 11 is 0. The average Bonchev–Trinajstić information content (AvgIpc) is 3.18. The Labute approximate surface area is 203 Å². The maximum atomic E-state index is 5.69. The first-order valence-corrected chi connectivity index (χ1v) is 12.5. The van der Waals surface area contributed by atoms with Gasteiger partial charge < -0.3 is 14.8 Å². The van der Waals surface area contributed by atoms with Crippen LogP contribution in [0.5, 0.6) is 11.5 Å². The summed E-state index contributed by atoms with van der Waals surface area (Å²) in [5.74, 6) is 2.83. The molecule has 0 radical (unpaired) electrons. The van der Waals surface area contributed by atoms with Crippen molar-refractivity contribution in [3.8, 4) is 11.5 Å². The van der Waals surface area contributed by atoms with Gasteiger partial charge in [-0.25, -0.2) is 0 Å². The van der Waals surface area contributed by atoms with Crippen molar-refractivity contribution >= 4 is 0 Å². The highest BCUT2D eigenvalue weighted by Crippen LogP contribution is 2.40. The lowest BCUT2D eigenvalue weighted by molar-refractivity contribution is 0.142. The van der Waals surface area contributed by atoms with Crippen LogP contribution in [-0.2, 0) is 6.54 Å². The van der Waals surface area contributed by atoms with Gasteiger partial charge in [-0.15, -0.1) is 0 Å². The minimum absolute atomic E-state index is 0.328. The number of methoxy groups -OCH3 is 2. The Balaban J connectivity index is 1.49. The lowest BCUT2D eigenvalue weighted by Gasteiger charge is -2.41. The molecule has 0 spiro atoms. The van der Waals surface area contributed by atoms with Crippen molar-refractivity contribution in [1.29, 1.82) is 0 Å². The molecule has 1 N–H and O–H groups in total. The van der Waals surface area contributed by atoms with Crippen LogP contribution in [0.4, 0.5) is 0 Å². The van der Waals surface area contributed by atoms with Crippen LogP contribution in [0.1, 0.15) is 41.9 Å². The van der Waals surface area contributed by atoms with Gasteiger partial charge in [0.15, 0.2) is 0 Å². The number of rotatable bonds is 8. The largest absolute Gasteiger partial charge is 0.497 e. The van der Waals surface area contributed by atoms with Gasteiger partial charge in [0.25, 0.3) is 0 Å². The summed E-state index contributed by atoms with van der Waals surface area (Å²) in [4.78, 5) is 2.76. The van der Waals surface area contributed by atoms with Crippen molar-refractivity contribution in [1.82, 2.24) is 10.2 Å². The van der Waals surface area contributed by atoms with E-state index >= 15 is 0 Å². The molecule has 0 aliphatic carbocycles. The molecule has 4 heteroatoms. The third-order valence-corrected chi connectivity index (χ3v) is 7.78. The molecule has 0 aromatic heterocycles. The summed E-state index contributed by atoms with van der Waals surface area (Å²) in [5, 5.41) is 4.00. The van der Waals surface area contributed by atoms with Crippen LogP contribution in [0.3, 0.4) is 0 Å². The number of ether oxygens (including phenoxy) is 2. The molecule has 178 valence electrons. The summed E-state index contributed by atoms with van der Waals surface area (Å²) in [6.07, 6.45) is 3.82. The van der Waals surface area contributed by atoms with E-state index in [1.54, 1.807) is 14.2 Å². The fraction of sp³-hybridized carbons (Fsp3) is 0.400. The Morgan fingerprint density at radius 1 is 0.853 bits per heavy atom. The highest BCUT2D eigenvalue weighted by atomic mass is 16.5. The molecule has 0 amide bonds.